The standard InChI is InChI=1S/C15H22N2O5S2/c1-17(24(2,19)20)7-6-16-15(18)5-10-23-12-3-4-13-14(11-12)22-9-8-21-13/h3-4,11H,5-10H2,1-2H3,(H,16,18). The fourth-order valence-electron chi connectivity index (χ4n) is 1.98. The number of hydrogen-bond acceptors (Lipinski definition) is 6. The SMILES string of the molecule is CN(CCNC(=O)CCSc1ccc2c(c1)OCCO2)S(C)(=O)=O. The maximum absolute atomic E-state index is 11.8. The van der Waals surface area contributed by atoms with Crippen LogP contribution in [0.4, 0.5) is 0 Å². The van der Waals surface area contributed by atoms with Gasteiger partial charge in [-0.05, 0) is 18.2 Å². The second-order valence-electron chi connectivity index (χ2n) is 5.34. The molecule has 1 aliphatic rings. The number of sulfonamides is 1. The zero-order chi connectivity index (χ0) is 17.6. The Morgan fingerprint density at radius 3 is 2.71 bits per heavy atom. The van der Waals surface area contributed by atoms with Gasteiger partial charge in [0.25, 0.3) is 0 Å². The Hall–Kier alpha value is -1.45. The van der Waals surface area contributed by atoms with Gasteiger partial charge < -0.3 is 14.8 Å². The van der Waals surface area contributed by atoms with E-state index in [-0.39, 0.29) is 12.5 Å². The number of fused-ring (bicyclic) bond motifs is 1. The molecular formula is C15H22N2O5S2. The molecule has 9 heteroatoms. The number of ether oxygens (including phenoxy) is 2. The predicted octanol–water partition coefficient (Wildman–Crippen LogP) is 0.948. The molecule has 24 heavy (non-hydrogen) atoms. The normalized spacial score (nSPS) is 13.8. The van der Waals surface area contributed by atoms with Crippen molar-refractivity contribution in [2.75, 3.05) is 45.4 Å². The van der Waals surface area contributed by atoms with Gasteiger partial charge in [-0.15, -0.1) is 11.8 Å². The highest BCUT2D eigenvalue weighted by Gasteiger charge is 2.13. The first kappa shape index (κ1) is 18.9. The number of carbonyl (C=O) groups excluding carboxylic acids is 1. The van der Waals surface area contributed by atoms with Crippen LogP contribution in [-0.4, -0.2) is 64.0 Å². The van der Waals surface area contributed by atoms with Gasteiger partial charge >= 0.3 is 0 Å². The predicted molar refractivity (Wildman–Crippen MR) is 93.3 cm³/mol. The van der Waals surface area contributed by atoms with Gasteiger partial charge in [-0.1, -0.05) is 0 Å². The second kappa shape index (κ2) is 8.59. The summed E-state index contributed by atoms with van der Waals surface area (Å²) in [5.74, 6) is 2.02. The molecule has 1 aromatic carbocycles. The third kappa shape index (κ3) is 5.88. The summed E-state index contributed by atoms with van der Waals surface area (Å²) in [5, 5.41) is 2.72. The van der Waals surface area contributed by atoms with Crippen molar-refractivity contribution in [3.8, 4) is 11.5 Å². The van der Waals surface area contributed by atoms with Crippen LogP contribution in [0.15, 0.2) is 23.1 Å². The summed E-state index contributed by atoms with van der Waals surface area (Å²) in [4.78, 5) is 12.8. The van der Waals surface area contributed by atoms with Crippen LogP contribution in [0.5, 0.6) is 11.5 Å². The van der Waals surface area contributed by atoms with Gasteiger partial charge in [0.2, 0.25) is 15.9 Å². The topological polar surface area (TPSA) is 84.9 Å². The number of benzene rings is 1. The number of nitrogens with one attached hydrogen (secondary N) is 1. The lowest BCUT2D eigenvalue weighted by molar-refractivity contribution is -0.120. The number of carbonyl (C=O) groups is 1. The molecule has 134 valence electrons. The number of hydrogen-bond donors (Lipinski definition) is 1. The summed E-state index contributed by atoms with van der Waals surface area (Å²) in [6.07, 6.45) is 1.50. The molecule has 0 radical (unpaired) electrons. The van der Waals surface area contributed by atoms with E-state index < -0.39 is 10.0 Å². The van der Waals surface area contributed by atoms with Crippen molar-refractivity contribution >= 4 is 27.7 Å². The van der Waals surface area contributed by atoms with E-state index >= 15 is 0 Å². The highest BCUT2D eigenvalue weighted by molar-refractivity contribution is 7.99. The molecule has 0 aromatic heterocycles. The fraction of sp³-hybridized carbons (Fsp3) is 0.533. The molecule has 0 aliphatic carbocycles. The average molecular weight is 374 g/mol. The molecule has 0 spiro atoms. The highest BCUT2D eigenvalue weighted by Crippen LogP contribution is 2.34. The number of nitrogens with zero attached hydrogens (tertiary/aromatic N) is 1. The largest absolute Gasteiger partial charge is 0.486 e. The minimum atomic E-state index is -3.21. The van der Waals surface area contributed by atoms with Gasteiger partial charge in [-0.2, -0.15) is 0 Å². The number of thioether (sulfide) groups is 1. The number of likely N-dealkylation sites (N-methyl/N-ethyl adjacent to an activating group) is 1. The smallest absolute Gasteiger partial charge is 0.220 e. The minimum Gasteiger partial charge on any atom is -0.486 e. The van der Waals surface area contributed by atoms with Gasteiger partial charge in [-0.3, -0.25) is 4.79 Å². The van der Waals surface area contributed by atoms with Gasteiger partial charge in [0.1, 0.15) is 13.2 Å². The molecule has 0 saturated carbocycles. The van der Waals surface area contributed by atoms with Crippen molar-refractivity contribution in [2.45, 2.75) is 11.3 Å². The lowest BCUT2D eigenvalue weighted by atomic mass is 10.3. The van der Waals surface area contributed by atoms with Crippen molar-refractivity contribution in [3.05, 3.63) is 18.2 Å². The van der Waals surface area contributed by atoms with Crippen molar-refractivity contribution in [3.63, 3.8) is 0 Å². The molecule has 0 atom stereocenters. The maximum Gasteiger partial charge on any atom is 0.220 e. The first-order valence-corrected chi connectivity index (χ1v) is 10.4. The van der Waals surface area contributed by atoms with Crippen molar-refractivity contribution in [1.29, 1.82) is 0 Å². The quantitative estimate of drug-likeness (QED) is 0.682. The Balaban J connectivity index is 1.67. The van der Waals surface area contributed by atoms with Crippen LogP contribution in [0, 0.1) is 0 Å². The Morgan fingerprint density at radius 1 is 1.29 bits per heavy atom. The zero-order valence-corrected chi connectivity index (χ0v) is 15.4. The molecule has 0 saturated heterocycles. The molecule has 1 amide bonds. The molecule has 1 aliphatic heterocycles. The van der Waals surface area contributed by atoms with Crippen LogP contribution in [0.3, 0.4) is 0 Å². The summed E-state index contributed by atoms with van der Waals surface area (Å²) in [6.45, 7) is 1.68. The van der Waals surface area contributed by atoms with E-state index in [1.165, 1.54) is 11.4 Å². The van der Waals surface area contributed by atoms with Crippen molar-refractivity contribution in [1.82, 2.24) is 9.62 Å². The second-order valence-corrected chi connectivity index (χ2v) is 8.60. The van der Waals surface area contributed by atoms with Gasteiger partial charge in [0, 0.05) is 37.2 Å². The minimum absolute atomic E-state index is 0.0954. The lowest BCUT2D eigenvalue weighted by Gasteiger charge is -2.18. The number of rotatable bonds is 8. The van der Waals surface area contributed by atoms with E-state index in [1.54, 1.807) is 11.8 Å². The van der Waals surface area contributed by atoms with Crippen molar-refractivity contribution < 1.29 is 22.7 Å². The Labute approximate surface area is 146 Å². The van der Waals surface area contributed by atoms with E-state index in [4.69, 9.17) is 9.47 Å². The monoisotopic (exact) mass is 374 g/mol. The molecule has 1 heterocycles. The lowest BCUT2D eigenvalue weighted by Crippen LogP contribution is -2.35. The van der Waals surface area contributed by atoms with Gasteiger partial charge in [0.05, 0.1) is 6.26 Å². The van der Waals surface area contributed by atoms with Gasteiger partial charge in [0.15, 0.2) is 11.5 Å². The van der Waals surface area contributed by atoms with Crippen molar-refractivity contribution in [2.24, 2.45) is 0 Å². The average Bonchev–Trinajstić information content (AvgIpc) is 2.53. The third-order valence-electron chi connectivity index (χ3n) is 3.43. The van der Waals surface area contributed by atoms with Crippen LogP contribution >= 0.6 is 11.8 Å². The summed E-state index contributed by atoms with van der Waals surface area (Å²) in [7, 11) is -1.72. The van der Waals surface area contributed by atoms with Crippen LogP contribution in [0.2, 0.25) is 0 Å². The Kier molecular flexibility index (Phi) is 6.76. The summed E-state index contributed by atoms with van der Waals surface area (Å²) in [5.41, 5.74) is 0. The Morgan fingerprint density at radius 2 is 2.00 bits per heavy atom. The Bertz CT molecular complexity index is 678. The van der Waals surface area contributed by atoms with Gasteiger partial charge in [-0.25, -0.2) is 12.7 Å². The molecule has 2 rings (SSSR count). The molecule has 0 fully saturated rings. The van der Waals surface area contributed by atoms with Crippen LogP contribution in [0.1, 0.15) is 6.42 Å². The highest BCUT2D eigenvalue weighted by atomic mass is 32.2. The number of amides is 1. The zero-order valence-electron chi connectivity index (χ0n) is 13.8. The summed E-state index contributed by atoms with van der Waals surface area (Å²) in [6, 6.07) is 5.73. The molecule has 0 unspecified atom stereocenters. The van der Waals surface area contributed by atoms with E-state index in [1.807, 2.05) is 18.2 Å². The molecule has 0 bridgehead atoms. The van der Waals surface area contributed by atoms with E-state index in [9.17, 15) is 13.2 Å². The molecular weight excluding hydrogens is 352 g/mol. The summed E-state index contributed by atoms with van der Waals surface area (Å²) < 4.78 is 34.6. The van der Waals surface area contributed by atoms with E-state index in [0.29, 0.717) is 31.9 Å². The summed E-state index contributed by atoms with van der Waals surface area (Å²) >= 11 is 1.56. The van der Waals surface area contributed by atoms with E-state index in [2.05, 4.69) is 5.32 Å². The fourth-order valence-corrected chi connectivity index (χ4v) is 3.28. The van der Waals surface area contributed by atoms with E-state index in [0.717, 1.165) is 22.7 Å². The molecule has 7 nitrogen and oxygen atoms in total. The molecule has 1 N–H and O–H groups in total. The molecule has 1 aromatic rings. The first-order chi connectivity index (χ1) is 11.4. The van der Waals surface area contributed by atoms with Crippen LogP contribution < -0.4 is 14.8 Å². The van der Waals surface area contributed by atoms with Crippen LogP contribution in [-0.2, 0) is 14.8 Å². The first-order valence-electron chi connectivity index (χ1n) is 7.57. The van der Waals surface area contributed by atoms with Crippen LogP contribution in [0.25, 0.3) is 0 Å². The maximum atomic E-state index is 11.8. The third-order valence-corrected chi connectivity index (χ3v) is 5.74.